The maximum atomic E-state index is 12.8. The predicted octanol–water partition coefficient (Wildman–Crippen LogP) is 3.79. The molecule has 11 heteroatoms. The molecule has 2 N–H and O–H groups in total. The Labute approximate surface area is 178 Å². The maximum absolute atomic E-state index is 12.8. The van der Waals surface area contributed by atoms with Gasteiger partial charge in [-0.1, -0.05) is 6.07 Å². The molecule has 0 fully saturated rings. The van der Waals surface area contributed by atoms with Crippen LogP contribution in [0.1, 0.15) is 39.5 Å². The number of thiophene rings is 1. The molecule has 9 nitrogen and oxygen atoms in total. The van der Waals surface area contributed by atoms with Gasteiger partial charge in [0.25, 0.3) is 11.6 Å². The van der Waals surface area contributed by atoms with E-state index in [4.69, 9.17) is 4.74 Å². The van der Waals surface area contributed by atoms with E-state index in [-0.39, 0.29) is 17.7 Å². The van der Waals surface area contributed by atoms with Crippen molar-refractivity contribution in [3.63, 3.8) is 0 Å². The minimum atomic E-state index is -0.580. The lowest BCUT2D eigenvalue weighted by molar-refractivity contribution is -0.385. The predicted molar refractivity (Wildman–Crippen MR) is 110 cm³/mol. The molecule has 0 saturated heterocycles. The molecular formula is C18H17BrN4O5S. The van der Waals surface area contributed by atoms with Crippen molar-refractivity contribution in [3.05, 3.63) is 54.4 Å². The third-order valence-corrected chi connectivity index (χ3v) is 6.68. The quantitative estimate of drug-likeness (QED) is 0.510. The van der Waals surface area contributed by atoms with Gasteiger partial charge in [0.05, 0.1) is 28.1 Å². The van der Waals surface area contributed by atoms with Crippen LogP contribution in [0.25, 0.3) is 0 Å². The Bertz CT molecular complexity index is 1020. The number of amides is 2. The average molecular weight is 481 g/mol. The Balaban J connectivity index is 1.61. The van der Waals surface area contributed by atoms with Crippen LogP contribution in [0.5, 0.6) is 0 Å². The van der Waals surface area contributed by atoms with Crippen LogP contribution in [0.15, 0.2) is 22.7 Å². The second-order valence-electron chi connectivity index (χ2n) is 6.60. The molecule has 0 aliphatic carbocycles. The molecule has 0 bridgehead atoms. The van der Waals surface area contributed by atoms with Crippen molar-refractivity contribution < 1.29 is 19.2 Å². The number of halogens is 1. The molecule has 2 aliphatic heterocycles. The van der Waals surface area contributed by atoms with Gasteiger partial charge in [0.1, 0.15) is 11.2 Å². The summed E-state index contributed by atoms with van der Waals surface area (Å²) >= 11 is 4.60. The van der Waals surface area contributed by atoms with Crippen LogP contribution in [0.2, 0.25) is 0 Å². The first kappa shape index (κ1) is 19.6. The van der Waals surface area contributed by atoms with Gasteiger partial charge in [-0.25, -0.2) is 4.79 Å². The normalized spacial score (nSPS) is 17.7. The molecule has 3 heterocycles. The lowest BCUT2D eigenvalue weighted by Crippen LogP contribution is -2.39. The van der Waals surface area contributed by atoms with Gasteiger partial charge in [-0.05, 0) is 40.9 Å². The van der Waals surface area contributed by atoms with Crippen molar-refractivity contribution in [3.8, 4) is 0 Å². The fourth-order valence-electron chi connectivity index (χ4n) is 3.50. The Morgan fingerprint density at radius 3 is 2.97 bits per heavy atom. The first-order chi connectivity index (χ1) is 13.9. The zero-order valence-corrected chi connectivity index (χ0v) is 17.8. The van der Waals surface area contributed by atoms with Gasteiger partial charge in [-0.2, -0.15) is 0 Å². The maximum Gasteiger partial charge on any atom is 0.410 e. The number of hydrogen-bond donors (Lipinski definition) is 2. The zero-order chi connectivity index (χ0) is 20.7. The van der Waals surface area contributed by atoms with Crippen LogP contribution in [-0.2, 0) is 17.7 Å². The van der Waals surface area contributed by atoms with Gasteiger partial charge in [0.2, 0.25) is 0 Å². The highest BCUT2D eigenvalue weighted by molar-refractivity contribution is 9.10. The first-order valence-corrected chi connectivity index (χ1v) is 10.6. The molecule has 1 aromatic heterocycles. The molecule has 0 radical (unpaired) electrons. The summed E-state index contributed by atoms with van der Waals surface area (Å²) in [6.45, 7) is 2.96. The lowest BCUT2D eigenvalue weighted by Gasteiger charge is -2.28. The molecule has 29 heavy (non-hydrogen) atoms. The number of benzene rings is 1. The molecule has 0 spiro atoms. The van der Waals surface area contributed by atoms with E-state index in [1.54, 1.807) is 24.0 Å². The van der Waals surface area contributed by atoms with Gasteiger partial charge in [-0.15, -0.1) is 11.3 Å². The summed E-state index contributed by atoms with van der Waals surface area (Å²) in [5, 5.41) is 18.1. The van der Waals surface area contributed by atoms with E-state index in [1.165, 1.54) is 17.4 Å². The number of carbonyl (C=O) groups is 2. The van der Waals surface area contributed by atoms with Crippen molar-refractivity contribution in [2.24, 2.45) is 0 Å². The molecule has 2 aromatic rings. The van der Waals surface area contributed by atoms with E-state index in [1.807, 2.05) is 0 Å². The van der Waals surface area contributed by atoms with Crippen LogP contribution in [0.4, 0.5) is 15.5 Å². The van der Waals surface area contributed by atoms with Crippen molar-refractivity contribution in [2.45, 2.75) is 26.1 Å². The standard InChI is InChI=1S/C18H17BrN4O5S/c1-2-28-18(25)22-6-5-10-13(8-22)29-17-14(10)16(24)20-15(21-17)9-3-4-11(19)12(7-9)23(26)27/h3-4,7,15,21H,2,5-6,8H2,1H3,(H,20,24)/t15-/m0/s1. The average Bonchev–Trinajstić information content (AvgIpc) is 3.06. The van der Waals surface area contributed by atoms with E-state index in [0.717, 1.165) is 10.4 Å². The van der Waals surface area contributed by atoms with Crippen LogP contribution >= 0.6 is 27.3 Å². The van der Waals surface area contributed by atoms with Gasteiger partial charge in [0.15, 0.2) is 0 Å². The Kier molecular flexibility index (Phi) is 5.17. The van der Waals surface area contributed by atoms with E-state index in [0.29, 0.717) is 46.7 Å². The third-order valence-electron chi connectivity index (χ3n) is 4.86. The van der Waals surface area contributed by atoms with Crippen molar-refractivity contribution >= 4 is 50.0 Å². The fraction of sp³-hybridized carbons (Fsp3) is 0.333. The van der Waals surface area contributed by atoms with Gasteiger partial charge >= 0.3 is 6.09 Å². The van der Waals surface area contributed by atoms with Crippen LogP contribution in [0, 0.1) is 10.1 Å². The summed E-state index contributed by atoms with van der Waals surface area (Å²) in [7, 11) is 0. The number of nitrogens with one attached hydrogen (secondary N) is 2. The number of nitrogens with zero attached hydrogens (tertiary/aromatic N) is 2. The first-order valence-electron chi connectivity index (χ1n) is 8.96. The fourth-order valence-corrected chi connectivity index (χ4v) is 5.18. The lowest BCUT2D eigenvalue weighted by atomic mass is 10.0. The van der Waals surface area contributed by atoms with E-state index >= 15 is 0 Å². The Hall–Kier alpha value is -2.66. The Morgan fingerprint density at radius 2 is 2.24 bits per heavy atom. The third kappa shape index (κ3) is 3.55. The molecule has 0 unspecified atom stereocenters. The van der Waals surface area contributed by atoms with Crippen LogP contribution < -0.4 is 10.6 Å². The minimum Gasteiger partial charge on any atom is -0.450 e. The second-order valence-corrected chi connectivity index (χ2v) is 8.56. The monoisotopic (exact) mass is 480 g/mol. The molecule has 2 aliphatic rings. The number of fused-ring (bicyclic) bond motifs is 3. The summed E-state index contributed by atoms with van der Waals surface area (Å²) in [5.41, 5.74) is 2.05. The number of carbonyl (C=O) groups excluding carboxylic acids is 2. The smallest absolute Gasteiger partial charge is 0.410 e. The van der Waals surface area contributed by atoms with Crippen molar-refractivity contribution in [1.82, 2.24) is 10.2 Å². The summed E-state index contributed by atoms with van der Waals surface area (Å²) in [6, 6.07) is 4.74. The highest BCUT2D eigenvalue weighted by Crippen LogP contribution is 2.41. The number of anilines is 1. The number of rotatable bonds is 3. The molecule has 4 rings (SSSR count). The zero-order valence-electron chi connectivity index (χ0n) is 15.4. The molecule has 1 atom stereocenters. The topological polar surface area (TPSA) is 114 Å². The number of nitro groups is 1. The summed E-state index contributed by atoms with van der Waals surface area (Å²) < 4.78 is 5.45. The van der Waals surface area contributed by atoms with Crippen LogP contribution in [0.3, 0.4) is 0 Å². The van der Waals surface area contributed by atoms with E-state index in [2.05, 4.69) is 26.6 Å². The molecule has 1 aromatic carbocycles. The largest absolute Gasteiger partial charge is 0.450 e. The van der Waals surface area contributed by atoms with E-state index < -0.39 is 11.1 Å². The molecule has 0 saturated carbocycles. The van der Waals surface area contributed by atoms with Gasteiger partial charge in [-0.3, -0.25) is 14.9 Å². The molecule has 2 amide bonds. The second kappa shape index (κ2) is 7.64. The van der Waals surface area contributed by atoms with E-state index in [9.17, 15) is 19.7 Å². The summed E-state index contributed by atoms with van der Waals surface area (Å²) in [4.78, 5) is 38.1. The number of ether oxygens (including phenoxy) is 1. The van der Waals surface area contributed by atoms with Crippen LogP contribution in [-0.4, -0.2) is 35.0 Å². The molecular weight excluding hydrogens is 464 g/mol. The van der Waals surface area contributed by atoms with Gasteiger partial charge < -0.3 is 20.3 Å². The summed E-state index contributed by atoms with van der Waals surface area (Å²) in [5.74, 6) is -0.226. The molecule has 152 valence electrons. The summed E-state index contributed by atoms with van der Waals surface area (Å²) in [6.07, 6.45) is -0.367. The number of hydrogen-bond acceptors (Lipinski definition) is 7. The highest BCUT2D eigenvalue weighted by atomic mass is 79.9. The van der Waals surface area contributed by atoms with Crippen molar-refractivity contribution in [2.75, 3.05) is 18.5 Å². The SMILES string of the molecule is CCOC(=O)N1CCc2c(sc3c2C(=O)N[C@H](c2ccc(Br)c([N+](=O)[O-])c2)N3)C1. The Morgan fingerprint density at radius 1 is 1.45 bits per heavy atom. The number of nitro benzene ring substituents is 1. The highest BCUT2D eigenvalue weighted by Gasteiger charge is 2.35. The van der Waals surface area contributed by atoms with Gasteiger partial charge in [0, 0.05) is 23.1 Å². The van der Waals surface area contributed by atoms with Crippen molar-refractivity contribution in [1.29, 1.82) is 0 Å². The minimum absolute atomic E-state index is 0.0695.